The van der Waals surface area contributed by atoms with Crippen LogP contribution in [0.25, 0.3) is 0 Å². The van der Waals surface area contributed by atoms with E-state index in [1.165, 1.54) is 4.90 Å². The van der Waals surface area contributed by atoms with Gasteiger partial charge in [0.15, 0.2) is 0 Å². The summed E-state index contributed by atoms with van der Waals surface area (Å²) in [4.78, 5) is 27.1. The fourth-order valence-electron chi connectivity index (χ4n) is 3.02. The molecule has 1 atom stereocenters. The molecule has 7 heteroatoms. The molecule has 2 amide bonds. The average molecular weight is 465 g/mol. The van der Waals surface area contributed by atoms with Crippen LogP contribution in [0.2, 0.25) is 10.0 Å². The number of halogens is 2. The van der Waals surface area contributed by atoms with Gasteiger partial charge in [-0.25, -0.2) is 0 Å². The second-order valence-electron chi connectivity index (χ2n) is 7.45. The third-order valence-corrected chi connectivity index (χ3v) is 5.64. The van der Waals surface area contributed by atoms with E-state index in [0.29, 0.717) is 35.2 Å². The summed E-state index contributed by atoms with van der Waals surface area (Å²) in [5, 5.41) is 3.79. The molecule has 0 radical (unpaired) electrons. The van der Waals surface area contributed by atoms with E-state index in [2.05, 4.69) is 5.32 Å². The first-order valence-electron chi connectivity index (χ1n) is 10.5. The molecule has 0 aliphatic heterocycles. The maximum Gasteiger partial charge on any atom is 0.242 e. The molecule has 2 aromatic carbocycles. The second-order valence-corrected chi connectivity index (χ2v) is 8.27. The van der Waals surface area contributed by atoms with Gasteiger partial charge < -0.3 is 15.0 Å². The van der Waals surface area contributed by atoms with Gasteiger partial charge in [-0.2, -0.15) is 0 Å². The number of benzene rings is 2. The van der Waals surface area contributed by atoms with Crippen molar-refractivity contribution in [3.8, 4) is 5.75 Å². The van der Waals surface area contributed by atoms with Gasteiger partial charge in [0.2, 0.25) is 11.8 Å². The monoisotopic (exact) mass is 464 g/mol. The number of aryl methyl sites for hydroxylation is 1. The number of ether oxygens (including phenoxy) is 1. The summed E-state index contributed by atoms with van der Waals surface area (Å²) in [6, 6.07) is 12.3. The van der Waals surface area contributed by atoms with E-state index in [0.717, 1.165) is 17.7 Å². The lowest BCUT2D eigenvalue weighted by atomic mass is 10.1. The molecule has 1 N–H and O–H groups in total. The third kappa shape index (κ3) is 7.75. The predicted octanol–water partition coefficient (Wildman–Crippen LogP) is 5.40. The number of hydrogen-bond acceptors (Lipinski definition) is 3. The molecular weight excluding hydrogens is 435 g/mol. The average Bonchev–Trinajstić information content (AvgIpc) is 2.75. The molecule has 0 aromatic heterocycles. The predicted molar refractivity (Wildman–Crippen MR) is 126 cm³/mol. The molecule has 0 aliphatic rings. The van der Waals surface area contributed by atoms with Crippen LogP contribution in [0.3, 0.4) is 0 Å². The van der Waals surface area contributed by atoms with Crippen LogP contribution in [-0.4, -0.2) is 35.9 Å². The lowest BCUT2D eigenvalue weighted by Crippen LogP contribution is -2.47. The van der Waals surface area contributed by atoms with E-state index < -0.39 is 6.04 Å². The van der Waals surface area contributed by atoms with Gasteiger partial charge in [-0.1, -0.05) is 53.9 Å². The van der Waals surface area contributed by atoms with Crippen molar-refractivity contribution in [1.29, 1.82) is 0 Å². The van der Waals surface area contributed by atoms with Crippen LogP contribution in [0.1, 0.15) is 44.2 Å². The molecule has 0 saturated carbocycles. The first-order valence-corrected chi connectivity index (χ1v) is 11.3. The Morgan fingerprint density at radius 1 is 1.10 bits per heavy atom. The van der Waals surface area contributed by atoms with E-state index in [4.69, 9.17) is 27.9 Å². The Labute approximate surface area is 194 Å². The van der Waals surface area contributed by atoms with Crippen molar-refractivity contribution in [1.82, 2.24) is 10.2 Å². The molecule has 2 aromatic rings. The molecule has 168 valence electrons. The minimum absolute atomic E-state index is 0.150. The molecule has 0 saturated heterocycles. The molecular formula is C24H30Cl2N2O3. The second kappa shape index (κ2) is 12.6. The van der Waals surface area contributed by atoms with Crippen molar-refractivity contribution in [2.24, 2.45) is 0 Å². The lowest BCUT2D eigenvalue weighted by Gasteiger charge is -2.29. The smallest absolute Gasteiger partial charge is 0.242 e. The van der Waals surface area contributed by atoms with Crippen molar-refractivity contribution >= 4 is 35.0 Å². The van der Waals surface area contributed by atoms with Gasteiger partial charge in [-0.3, -0.25) is 9.59 Å². The Morgan fingerprint density at radius 3 is 2.35 bits per heavy atom. The molecule has 2 rings (SSSR count). The van der Waals surface area contributed by atoms with Gasteiger partial charge in [-0.05, 0) is 51.0 Å². The summed E-state index contributed by atoms with van der Waals surface area (Å²) in [5.41, 5.74) is 1.79. The Bertz CT molecular complexity index is 851. The molecule has 0 heterocycles. The highest BCUT2D eigenvalue weighted by molar-refractivity contribution is 6.36. The fraction of sp³-hybridized carbons (Fsp3) is 0.417. The molecule has 0 aliphatic carbocycles. The molecule has 0 unspecified atom stereocenters. The summed E-state index contributed by atoms with van der Waals surface area (Å²) in [5.74, 6) is 0.419. The van der Waals surface area contributed by atoms with Gasteiger partial charge in [0.25, 0.3) is 0 Å². The maximum absolute atomic E-state index is 13.1. The largest absolute Gasteiger partial charge is 0.494 e. The van der Waals surface area contributed by atoms with E-state index in [9.17, 15) is 9.59 Å². The lowest BCUT2D eigenvalue weighted by molar-refractivity contribution is -0.140. The molecule has 0 bridgehead atoms. The SMILES string of the molecule is CCCNC(=O)[C@H](C)N(Cc1c(Cl)cccc1Cl)C(=O)CCCOc1ccc(C)cc1. The normalized spacial score (nSPS) is 11.6. The number of nitrogens with zero attached hydrogens (tertiary/aromatic N) is 1. The Balaban J connectivity index is 2.04. The number of amides is 2. The van der Waals surface area contributed by atoms with Crippen LogP contribution < -0.4 is 10.1 Å². The molecule has 5 nitrogen and oxygen atoms in total. The molecule has 0 spiro atoms. The number of rotatable bonds is 11. The van der Waals surface area contributed by atoms with Crippen LogP contribution in [0.4, 0.5) is 0 Å². The van der Waals surface area contributed by atoms with E-state index in [1.54, 1.807) is 25.1 Å². The number of carbonyl (C=O) groups is 2. The van der Waals surface area contributed by atoms with Crippen molar-refractivity contribution in [3.05, 3.63) is 63.6 Å². The van der Waals surface area contributed by atoms with Crippen LogP contribution in [-0.2, 0) is 16.1 Å². The van der Waals surface area contributed by atoms with Crippen LogP contribution in [0, 0.1) is 6.92 Å². The Kier molecular flexibility index (Phi) is 10.2. The maximum atomic E-state index is 13.1. The first-order chi connectivity index (χ1) is 14.8. The standard InChI is InChI=1S/C24H30Cl2N2O3/c1-4-14-27-24(30)18(3)28(16-20-21(25)7-5-8-22(20)26)23(29)9-6-15-31-19-12-10-17(2)11-13-19/h5,7-8,10-13,18H,4,6,9,14-16H2,1-3H3,(H,27,30)/t18-/m0/s1. The van der Waals surface area contributed by atoms with Crippen molar-refractivity contribution < 1.29 is 14.3 Å². The summed E-state index contributed by atoms with van der Waals surface area (Å²) in [7, 11) is 0. The van der Waals surface area contributed by atoms with Crippen LogP contribution in [0.15, 0.2) is 42.5 Å². The van der Waals surface area contributed by atoms with Crippen molar-refractivity contribution in [2.45, 2.75) is 52.6 Å². The van der Waals surface area contributed by atoms with Crippen LogP contribution >= 0.6 is 23.2 Å². The zero-order chi connectivity index (χ0) is 22.8. The van der Waals surface area contributed by atoms with Crippen molar-refractivity contribution in [3.63, 3.8) is 0 Å². The van der Waals surface area contributed by atoms with E-state index >= 15 is 0 Å². The van der Waals surface area contributed by atoms with Crippen molar-refractivity contribution in [2.75, 3.05) is 13.2 Å². The first kappa shape index (κ1) is 25.0. The minimum Gasteiger partial charge on any atom is -0.494 e. The van der Waals surface area contributed by atoms with Gasteiger partial charge >= 0.3 is 0 Å². The molecule has 31 heavy (non-hydrogen) atoms. The number of nitrogens with one attached hydrogen (secondary N) is 1. The molecule has 0 fully saturated rings. The van der Waals surface area contributed by atoms with E-state index in [-0.39, 0.29) is 24.8 Å². The highest BCUT2D eigenvalue weighted by Crippen LogP contribution is 2.27. The van der Waals surface area contributed by atoms with Gasteiger partial charge in [0.05, 0.1) is 6.61 Å². The minimum atomic E-state index is -0.649. The fourth-order valence-corrected chi connectivity index (χ4v) is 3.54. The Morgan fingerprint density at radius 2 is 1.74 bits per heavy atom. The quantitative estimate of drug-likeness (QED) is 0.452. The number of carbonyl (C=O) groups excluding carboxylic acids is 2. The number of hydrogen-bond donors (Lipinski definition) is 1. The summed E-state index contributed by atoms with van der Waals surface area (Å²) in [6.07, 6.45) is 1.60. The summed E-state index contributed by atoms with van der Waals surface area (Å²) < 4.78 is 5.72. The van der Waals surface area contributed by atoms with Gasteiger partial charge in [-0.15, -0.1) is 0 Å². The van der Waals surface area contributed by atoms with E-state index in [1.807, 2.05) is 38.1 Å². The highest BCUT2D eigenvalue weighted by atomic mass is 35.5. The highest BCUT2D eigenvalue weighted by Gasteiger charge is 2.27. The van der Waals surface area contributed by atoms with Gasteiger partial charge in [0.1, 0.15) is 11.8 Å². The zero-order valence-electron chi connectivity index (χ0n) is 18.3. The third-order valence-electron chi connectivity index (χ3n) is 4.93. The summed E-state index contributed by atoms with van der Waals surface area (Å²) in [6.45, 7) is 6.84. The van der Waals surface area contributed by atoms with Gasteiger partial charge in [0, 0.05) is 35.1 Å². The zero-order valence-corrected chi connectivity index (χ0v) is 19.8. The topological polar surface area (TPSA) is 58.6 Å². The summed E-state index contributed by atoms with van der Waals surface area (Å²) >= 11 is 12.6. The Hall–Kier alpha value is -2.24. The van der Waals surface area contributed by atoms with Crippen LogP contribution in [0.5, 0.6) is 5.75 Å².